The van der Waals surface area contributed by atoms with Gasteiger partial charge in [-0.1, -0.05) is 0 Å². The normalized spacial score (nSPS) is 15.4. The number of benzene rings is 1. The van der Waals surface area contributed by atoms with Gasteiger partial charge in [0.25, 0.3) is 5.56 Å². The number of aromatic nitrogens is 2. The second kappa shape index (κ2) is 8.17. The Morgan fingerprint density at radius 1 is 1.32 bits per heavy atom. The number of hydrogen-bond acceptors (Lipinski definition) is 5. The first kappa shape index (κ1) is 17.5. The molecular weight excluding hydrogens is 327 g/mol. The first-order valence-electron chi connectivity index (χ1n) is 8.35. The van der Waals surface area contributed by atoms with Crippen molar-refractivity contribution in [1.82, 2.24) is 19.8 Å². The molecule has 0 bridgehead atoms. The Kier molecular flexibility index (Phi) is 5.72. The fourth-order valence-electron chi connectivity index (χ4n) is 2.81. The van der Waals surface area contributed by atoms with Gasteiger partial charge >= 0.3 is 0 Å². The van der Waals surface area contributed by atoms with Crippen LogP contribution in [0.15, 0.2) is 29.3 Å². The van der Waals surface area contributed by atoms with Crippen molar-refractivity contribution in [3.8, 4) is 0 Å². The molecule has 0 unspecified atom stereocenters. The molecule has 1 N–H and O–H groups in total. The molecular formula is C17H21FN4O3. The maximum atomic E-state index is 13.3. The summed E-state index contributed by atoms with van der Waals surface area (Å²) in [6.45, 7) is 4.66. The van der Waals surface area contributed by atoms with Gasteiger partial charge in [-0.3, -0.25) is 19.1 Å². The molecule has 1 fully saturated rings. The average Bonchev–Trinajstić information content (AvgIpc) is 2.62. The van der Waals surface area contributed by atoms with Crippen molar-refractivity contribution in [3.05, 3.63) is 40.7 Å². The van der Waals surface area contributed by atoms with Gasteiger partial charge in [0.2, 0.25) is 5.91 Å². The van der Waals surface area contributed by atoms with Crippen molar-refractivity contribution in [2.45, 2.75) is 13.0 Å². The van der Waals surface area contributed by atoms with Crippen LogP contribution in [0.25, 0.3) is 10.9 Å². The smallest absolute Gasteiger partial charge is 0.261 e. The summed E-state index contributed by atoms with van der Waals surface area (Å²) in [5.74, 6) is -0.765. The number of halogens is 1. The summed E-state index contributed by atoms with van der Waals surface area (Å²) in [5, 5.41) is 2.97. The lowest BCUT2D eigenvalue weighted by molar-refractivity contribution is -0.121. The third-order valence-electron chi connectivity index (χ3n) is 4.18. The van der Waals surface area contributed by atoms with Gasteiger partial charge in [0.15, 0.2) is 0 Å². The second-order valence-electron chi connectivity index (χ2n) is 6.00. The summed E-state index contributed by atoms with van der Waals surface area (Å²) in [6, 6.07) is 3.84. The molecule has 25 heavy (non-hydrogen) atoms. The predicted molar refractivity (Wildman–Crippen MR) is 90.8 cm³/mol. The fraction of sp³-hybridized carbons (Fsp3) is 0.471. The predicted octanol–water partition coefficient (Wildman–Crippen LogP) is 0.374. The highest BCUT2D eigenvalue weighted by Gasteiger charge is 2.11. The van der Waals surface area contributed by atoms with E-state index in [-0.39, 0.29) is 17.8 Å². The van der Waals surface area contributed by atoms with Crippen LogP contribution >= 0.6 is 0 Å². The molecule has 1 aliphatic rings. The van der Waals surface area contributed by atoms with Gasteiger partial charge in [-0.2, -0.15) is 0 Å². The van der Waals surface area contributed by atoms with Crippen LogP contribution in [0.3, 0.4) is 0 Å². The average molecular weight is 348 g/mol. The molecule has 1 aliphatic heterocycles. The Morgan fingerprint density at radius 2 is 2.12 bits per heavy atom. The first-order chi connectivity index (χ1) is 12.1. The highest BCUT2D eigenvalue weighted by molar-refractivity contribution is 5.78. The zero-order valence-electron chi connectivity index (χ0n) is 13.9. The molecule has 8 heteroatoms. The van der Waals surface area contributed by atoms with Crippen molar-refractivity contribution in [1.29, 1.82) is 0 Å². The van der Waals surface area contributed by atoms with E-state index < -0.39 is 11.4 Å². The molecule has 1 saturated heterocycles. The van der Waals surface area contributed by atoms with Crippen molar-refractivity contribution in [2.75, 3.05) is 39.4 Å². The third-order valence-corrected chi connectivity index (χ3v) is 4.18. The van der Waals surface area contributed by atoms with Crippen LogP contribution in [0.1, 0.15) is 6.42 Å². The molecule has 1 amide bonds. The van der Waals surface area contributed by atoms with Crippen LogP contribution < -0.4 is 10.9 Å². The zero-order chi connectivity index (χ0) is 17.6. The van der Waals surface area contributed by atoms with Crippen LogP contribution in [0.2, 0.25) is 0 Å². The van der Waals surface area contributed by atoms with Gasteiger partial charge in [0.1, 0.15) is 12.4 Å². The Morgan fingerprint density at radius 3 is 2.92 bits per heavy atom. The third kappa shape index (κ3) is 4.61. The minimum atomic E-state index is -0.503. The summed E-state index contributed by atoms with van der Waals surface area (Å²) in [4.78, 5) is 30.7. The molecule has 2 heterocycles. The van der Waals surface area contributed by atoms with E-state index in [1.54, 1.807) is 0 Å². The van der Waals surface area contributed by atoms with E-state index in [4.69, 9.17) is 4.74 Å². The van der Waals surface area contributed by atoms with Gasteiger partial charge in [-0.25, -0.2) is 9.37 Å². The molecule has 0 radical (unpaired) electrons. The standard InChI is InChI=1S/C17H21FN4O3/c18-13-2-3-15-14(10-13)17(24)22(12-20-15)11-16(23)19-4-1-5-21-6-8-25-9-7-21/h2-3,10,12H,1,4-9,11H2,(H,19,23). The van der Waals surface area contributed by atoms with Crippen molar-refractivity contribution >= 4 is 16.8 Å². The number of amides is 1. The number of ether oxygens (including phenoxy) is 1. The van der Waals surface area contributed by atoms with Crippen molar-refractivity contribution < 1.29 is 13.9 Å². The Labute approximate surface area is 144 Å². The molecule has 0 atom stereocenters. The van der Waals surface area contributed by atoms with Crippen molar-refractivity contribution in [3.63, 3.8) is 0 Å². The summed E-state index contributed by atoms with van der Waals surface area (Å²) >= 11 is 0. The maximum absolute atomic E-state index is 13.3. The van der Waals surface area contributed by atoms with Crippen molar-refractivity contribution in [2.24, 2.45) is 0 Å². The van der Waals surface area contributed by atoms with Gasteiger partial charge < -0.3 is 10.1 Å². The minimum Gasteiger partial charge on any atom is -0.379 e. The number of fused-ring (bicyclic) bond motifs is 1. The lowest BCUT2D eigenvalue weighted by Gasteiger charge is -2.26. The summed E-state index contributed by atoms with van der Waals surface area (Å²) in [6.07, 6.45) is 2.15. The highest BCUT2D eigenvalue weighted by Crippen LogP contribution is 2.08. The molecule has 0 aliphatic carbocycles. The topological polar surface area (TPSA) is 76.5 Å². The largest absolute Gasteiger partial charge is 0.379 e. The molecule has 0 spiro atoms. The second-order valence-corrected chi connectivity index (χ2v) is 6.00. The van der Waals surface area contributed by atoms with Crippen LogP contribution in [0.5, 0.6) is 0 Å². The first-order valence-corrected chi connectivity index (χ1v) is 8.35. The molecule has 1 aromatic carbocycles. The van der Waals surface area contributed by atoms with E-state index in [0.717, 1.165) is 45.3 Å². The fourth-order valence-corrected chi connectivity index (χ4v) is 2.81. The number of carbonyl (C=O) groups excluding carboxylic acids is 1. The maximum Gasteiger partial charge on any atom is 0.261 e. The molecule has 7 nitrogen and oxygen atoms in total. The summed E-state index contributed by atoms with van der Waals surface area (Å²) < 4.78 is 19.8. The number of nitrogens with zero attached hydrogens (tertiary/aromatic N) is 3. The number of carbonyl (C=O) groups is 1. The van der Waals surface area contributed by atoms with Crippen LogP contribution in [0, 0.1) is 5.82 Å². The minimum absolute atomic E-state index is 0.129. The van der Waals surface area contributed by atoms with E-state index in [2.05, 4.69) is 15.2 Å². The summed E-state index contributed by atoms with van der Waals surface area (Å²) in [7, 11) is 0. The molecule has 0 saturated carbocycles. The van der Waals surface area contributed by atoms with Crippen LogP contribution in [-0.4, -0.2) is 59.8 Å². The van der Waals surface area contributed by atoms with Gasteiger partial charge in [-0.15, -0.1) is 0 Å². The lowest BCUT2D eigenvalue weighted by atomic mass is 10.2. The van der Waals surface area contributed by atoms with E-state index in [0.29, 0.717) is 12.1 Å². The Balaban J connectivity index is 1.51. The SMILES string of the molecule is O=C(Cn1cnc2ccc(F)cc2c1=O)NCCCN1CCOCC1. The van der Waals surface area contributed by atoms with Gasteiger partial charge in [0, 0.05) is 19.6 Å². The number of morpholine rings is 1. The molecule has 134 valence electrons. The highest BCUT2D eigenvalue weighted by atomic mass is 19.1. The Hall–Kier alpha value is -2.32. The quantitative estimate of drug-likeness (QED) is 0.764. The van der Waals surface area contributed by atoms with E-state index >= 15 is 0 Å². The van der Waals surface area contributed by atoms with Gasteiger partial charge in [-0.05, 0) is 31.2 Å². The van der Waals surface area contributed by atoms with Gasteiger partial charge in [0.05, 0.1) is 30.4 Å². The molecule has 1 aromatic heterocycles. The number of hydrogen-bond donors (Lipinski definition) is 1. The van der Waals surface area contributed by atoms with E-state index in [1.807, 2.05) is 0 Å². The number of nitrogens with one attached hydrogen (secondary N) is 1. The zero-order valence-corrected chi connectivity index (χ0v) is 13.9. The number of rotatable bonds is 6. The monoisotopic (exact) mass is 348 g/mol. The molecule has 3 rings (SSSR count). The van der Waals surface area contributed by atoms with Crippen LogP contribution in [0.4, 0.5) is 4.39 Å². The van der Waals surface area contributed by atoms with Crippen LogP contribution in [-0.2, 0) is 16.1 Å². The lowest BCUT2D eigenvalue weighted by Crippen LogP contribution is -2.38. The van der Waals surface area contributed by atoms with E-state index in [9.17, 15) is 14.0 Å². The van der Waals surface area contributed by atoms with E-state index in [1.165, 1.54) is 23.0 Å². The summed E-state index contributed by atoms with van der Waals surface area (Å²) in [5.41, 5.74) is -0.0125. The Bertz CT molecular complexity index is 802. The molecule has 2 aromatic rings.